The van der Waals surface area contributed by atoms with E-state index >= 15 is 0 Å². The van der Waals surface area contributed by atoms with Crippen LogP contribution in [0.4, 0.5) is 5.95 Å². The van der Waals surface area contributed by atoms with Gasteiger partial charge in [0, 0.05) is 0 Å². The van der Waals surface area contributed by atoms with Gasteiger partial charge in [-0.3, -0.25) is 14.6 Å². The number of H-pyrrole nitrogens is 1. The number of imidazole rings is 1. The molecular weight excluding hydrogens is 228 g/mol. The second-order valence-corrected chi connectivity index (χ2v) is 3.24. The van der Waals surface area contributed by atoms with Crippen molar-refractivity contribution in [1.82, 2.24) is 19.7 Å². The maximum absolute atomic E-state index is 11.6. The molecule has 0 spiro atoms. The first-order valence-electron chi connectivity index (χ1n) is 4.72. The molecule has 0 aliphatic rings. The summed E-state index contributed by atoms with van der Waals surface area (Å²) in [6.07, 6.45) is 1.31. The number of rotatable bonds is 4. The second-order valence-electron chi connectivity index (χ2n) is 3.24. The molecule has 0 bridgehead atoms. The quantitative estimate of drug-likeness (QED) is 0.562. The summed E-state index contributed by atoms with van der Waals surface area (Å²) in [7, 11) is 0. The van der Waals surface area contributed by atoms with Crippen LogP contribution < -0.4 is 21.9 Å². The first-order chi connectivity index (χ1) is 8.08. The zero-order chi connectivity index (χ0) is 12.4. The number of hydrogen-bond acceptors (Lipinski definition) is 6. The summed E-state index contributed by atoms with van der Waals surface area (Å²) >= 11 is 0. The Hall–Kier alpha value is -2.58. The lowest BCUT2D eigenvalue weighted by molar-refractivity contribution is -0.119. The van der Waals surface area contributed by atoms with Crippen molar-refractivity contribution in [3.63, 3.8) is 0 Å². The number of anilines is 1. The largest absolute Gasteiger partial charge is 0.412 e. The fourth-order valence-electron chi connectivity index (χ4n) is 1.27. The van der Waals surface area contributed by atoms with Crippen LogP contribution in [0.3, 0.4) is 0 Å². The minimum atomic E-state index is -0.495. The second kappa shape index (κ2) is 4.12. The fourth-order valence-corrected chi connectivity index (χ4v) is 1.27. The van der Waals surface area contributed by atoms with Crippen molar-refractivity contribution in [2.45, 2.75) is 6.42 Å². The monoisotopic (exact) mass is 238 g/mol. The van der Waals surface area contributed by atoms with Crippen molar-refractivity contribution < 1.29 is 9.63 Å². The van der Waals surface area contributed by atoms with Gasteiger partial charge >= 0.3 is 0 Å². The van der Waals surface area contributed by atoms with Crippen molar-refractivity contribution in [2.24, 2.45) is 5.73 Å². The Labute approximate surface area is 94.4 Å². The van der Waals surface area contributed by atoms with Gasteiger partial charge in [0.15, 0.2) is 11.2 Å². The number of carbonyl (C=O) groups is 1. The van der Waals surface area contributed by atoms with Crippen molar-refractivity contribution in [3.8, 4) is 0 Å². The van der Waals surface area contributed by atoms with Crippen LogP contribution >= 0.6 is 0 Å². The molecule has 0 aliphatic heterocycles. The number of nitrogens with one attached hydrogen (secondary N) is 1. The SMILES string of the molecule is NC(=O)CCOn1cnc2nc(N)[nH]c(=O)c21. The summed E-state index contributed by atoms with van der Waals surface area (Å²) in [5.74, 6) is -0.518. The fraction of sp³-hybridized carbons (Fsp3) is 0.250. The Morgan fingerprint density at radius 1 is 1.59 bits per heavy atom. The lowest BCUT2D eigenvalue weighted by Crippen LogP contribution is -2.22. The molecule has 90 valence electrons. The lowest BCUT2D eigenvalue weighted by atomic mass is 10.4. The Kier molecular flexibility index (Phi) is 2.65. The number of amides is 1. The van der Waals surface area contributed by atoms with Gasteiger partial charge < -0.3 is 16.3 Å². The van der Waals surface area contributed by atoms with Gasteiger partial charge in [0.1, 0.15) is 12.9 Å². The Bertz CT molecular complexity index is 615. The molecule has 2 aromatic rings. The zero-order valence-electron chi connectivity index (χ0n) is 8.71. The maximum Gasteiger partial charge on any atom is 0.282 e. The predicted octanol–water partition coefficient (Wildman–Crippen LogP) is -1.99. The van der Waals surface area contributed by atoms with Crippen LogP contribution in [0, 0.1) is 0 Å². The number of nitrogen functional groups attached to an aromatic ring is 1. The summed E-state index contributed by atoms with van der Waals surface area (Å²) in [5.41, 5.74) is 10.1. The lowest BCUT2D eigenvalue weighted by Gasteiger charge is -2.04. The molecule has 0 radical (unpaired) electrons. The molecule has 0 atom stereocenters. The van der Waals surface area contributed by atoms with E-state index in [2.05, 4.69) is 15.0 Å². The molecule has 2 rings (SSSR count). The van der Waals surface area contributed by atoms with Crippen molar-refractivity contribution in [3.05, 3.63) is 16.7 Å². The first-order valence-corrected chi connectivity index (χ1v) is 4.72. The summed E-state index contributed by atoms with van der Waals surface area (Å²) < 4.78 is 1.13. The Balaban J connectivity index is 2.30. The number of hydrogen-bond donors (Lipinski definition) is 3. The number of fused-ring (bicyclic) bond motifs is 1. The number of aromatic amines is 1. The molecule has 0 fully saturated rings. The van der Waals surface area contributed by atoms with Gasteiger partial charge in [0.05, 0.1) is 6.42 Å². The molecule has 0 aromatic carbocycles. The van der Waals surface area contributed by atoms with E-state index in [0.29, 0.717) is 0 Å². The van der Waals surface area contributed by atoms with E-state index < -0.39 is 11.5 Å². The molecular formula is C8H10N6O3. The van der Waals surface area contributed by atoms with Gasteiger partial charge in [-0.1, -0.05) is 0 Å². The van der Waals surface area contributed by atoms with Crippen molar-refractivity contribution in [2.75, 3.05) is 12.3 Å². The third-order valence-electron chi connectivity index (χ3n) is 1.98. The standard InChI is InChI=1S/C8H10N6O3/c9-4(15)1-2-17-14-3-11-6-5(14)7(16)13-8(10)12-6/h3H,1-2H2,(H2,9,15)(H3,10,12,13,16). The number of nitrogens with zero attached hydrogens (tertiary/aromatic N) is 3. The topological polar surface area (TPSA) is 142 Å². The molecule has 9 nitrogen and oxygen atoms in total. The number of primary amides is 1. The summed E-state index contributed by atoms with van der Waals surface area (Å²) in [6.45, 7) is 0.0462. The molecule has 0 aliphatic carbocycles. The van der Waals surface area contributed by atoms with Gasteiger partial charge in [0.2, 0.25) is 11.9 Å². The minimum Gasteiger partial charge on any atom is -0.412 e. The van der Waals surface area contributed by atoms with E-state index in [1.165, 1.54) is 6.33 Å². The van der Waals surface area contributed by atoms with E-state index in [0.717, 1.165) is 4.73 Å². The summed E-state index contributed by atoms with van der Waals surface area (Å²) in [4.78, 5) is 37.2. The summed E-state index contributed by atoms with van der Waals surface area (Å²) in [6, 6.07) is 0. The predicted molar refractivity (Wildman–Crippen MR) is 57.8 cm³/mol. The Morgan fingerprint density at radius 3 is 3.06 bits per heavy atom. The molecule has 1 amide bonds. The van der Waals surface area contributed by atoms with Gasteiger partial charge in [-0.15, -0.1) is 0 Å². The third kappa shape index (κ3) is 2.17. The number of carbonyl (C=O) groups excluding carboxylic acids is 1. The molecule has 5 N–H and O–H groups in total. The van der Waals surface area contributed by atoms with E-state index in [9.17, 15) is 9.59 Å². The van der Waals surface area contributed by atoms with Crippen LogP contribution in [0.2, 0.25) is 0 Å². The van der Waals surface area contributed by atoms with E-state index in [1.807, 2.05) is 0 Å². The van der Waals surface area contributed by atoms with E-state index in [1.54, 1.807) is 0 Å². The highest BCUT2D eigenvalue weighted by Crippen LogP contribution is 2.03. The number of aromatic nitrogens is 4. The molecule has 2 heterocycles. The highest BCUT2D eigenvalue weighted by atomic mass is 16.7. The van der Waals surface area contributed by atoms with E-state index in [-0.39, 0.29) is 30.1 Å². The molecule has 0 saturated carbocycles. The van der Waals surface area contributed by atoms with Gasteiger partial charge in [0.25, 0.3) is 5.56 Å². The van der Waals surface area contributed by atoms with Crippen LogP contribution in [-0.2, 0) is 4.79 Å². The molecule has 0 saturated heterocycles. The first kappa shape index (κ1) is 10.9. The normalized spacial score (nSPS) is 10.6. The number of nitrogens with two attached hydrogens (primary N) is 2. The van der Waals surface area contributed by atoms with Crippen LogP contribution in [-0.4, -0.2) is 32.2 Å². The maximum atomic E-state index is 11.6. The molecule has 0 unspecified atom stereocenters. The average Bonchev–Trinajstić information content (AvgIpc) is 2.60. The van der Waals surface area contributed by atoms with Crippen LogP contribution in [0.1, 0.15) is 6.42 Å². The molecule has 2 aromatic heterocycles. The smallest absolute Gasteiger partial charge is 0.282 e. The van der Waals surface area contributed by atoms with Gasteiger partial charge in [-0.2, -0.15) is 9.71 Å². The van der Waals surface area contributed by atoms with Crippen LogP contribution in [0.15, 0.2) is 11.1 Å². The van der Waals surface area contributed by atoms with E-state index in [4.69, 9.17) is 16.3 Å². The zero-order valence-corrected chi connectivity index (χ0v) is 8.71. The molecule has 17 heavy (non-hydrogen) atoms. The highest BCUT2D eigenvalue weighted by Gasteiger charge is 2.10. The Morgan fingerprint density at radius 2 is 2.35 bits per heavy atom. The highest BCUT2D eigenvalue weighted by molar-refractivity contribution is 5.73. The third-order valence-corrected chi connectivity index (χ3v) is 1.98. The minimum absolute atomic E-state index is 0.0233. The van der Waals surface area contributed by atoms with Crippen LogP contribution in [0.5, 0.6) is 0 Å². The molecule has 9 heteroatoms. The van der Waals surface area contributed by atoms with Gasteiger partial charge in [-0.05, 0) is 0 Å². The summed E-state index contributed by atoms with van der Waals surface area (Å²) in [5, 5.41) is 0. The van der Waals surface area contributed by atoms with Crippen molar-refractivity contribution in [1.29, 1.82) is 0 Å². The average molecular weight is 238 g/mol. The van der Waals surface area contributed by atoms with Gasteiger partial charge in [-0.25, -0.2) is 4.98 Å². The van der Waals surface area contributed by atoms with Crippen molar-refractivity contribution >= 4 is 23.0 Å². The van der Waals surface area contributed by atoms with Crippen LogP contribution in [0.25, 0.3) is 11.2 Å².